The topological polar surface area (TPSA) is 86.6 Å². The molecule has 0 amide bonds. The predicted octanol–water partition coefficient (Wildman–Crippen LogP) is 0.293. The molecular formula is C8H14O7S. The van der Waals surface area contributed by atoms with Gasteiger partial charge >= 0.3 is 0 Å². The van der Waals surface area contributed by atoms with Crippen LogP contribution in [0.4, 0.5) is 0 Å². The zero-order valence-corrected chi connectivity index (χ0v) is 9.68. The third-order valence-corrected chi connectivity index (χ3v) is 3.05. The molecule has 2 rings (SSSR count). The third kappa shape index (κ3) is 2.49. The maximum absolute atomic E-state index is 9.89. The van der Waals surface area contributed by atoms with E-state index in [4.69, 9.17) is 19.5 Å². The fourth-order valence-electron chi connectivity index (χ4n) is 1.81. The van der Waals surface area contributed by atoms with Gasteiger partial charge in [-0.05, 0) is 13.8 Å². The van der Waals surface area contributed by atoms with E-state index in [2.05, 4.69) is 9.37 Å². The van der Waals surface area contributed by atoms with Crippen LogP contribution in [0, 0.1) is 0 Å². The van der Waals surface area contributed by atoms with Crippen LogP contribution in [0.3, 0.4) is 0 Å². The quantitative estimate of drug-likeness (QED) is 0.320. The van der Waals surface area contributed by atoms with Crippen LogP contribution in [-0.2, 0) is 23.6 Å². The molecule has 2 aliphatic rings. The Morgan fingerprint density at radius 3 is 2.75 bits per heavy atom. The first-order valence-electron chi connectivity index (χ1n) is 4.82. The van der Waals surface area contributed by atoms with E-state index in [9.17, 15) is 5.11 Å². The fraction of sp³-hybridized carbons (Fsp3) is 1.00. The van der Waals surface area contributed by atoms with E-state index in [-0.39, 0.29) is 0 Å². The van der Waals surface area contributed by atoms with Crippen molar-refractivity contribution in [1.29, 1.82) is 0 Å². The summed E-state index contributed by atoms with van der Waals surface area (Å²) in [5.41, 5.74) is 0. The van der Waals surface area contributed by atoms with Crippen LogP contribution in [0.1, 0.15) is 13.8 Å². The van der Waals surface area contributed by atoms with Gasteiger partial charge in [0.1, 0.15) is 18.3 Å². The molecule has 2 saturated heterocycles. The highest BCUT2D eigenvalue weighted by Gasteiger charge is 2.54. The van der Waals surface area contributed by atoms with Gasteiger partial charge in [-0.15, -0.1) is 4.33 Å². The third-order valence-electron chi connectivity index (χ3n) is 2.43. The monoisotopic (exact) mass is 254 g/mol. The standard InChI is InChI=1S/C8H14O7S/c1-8(2)12-6-5(9)4(3-16-15-14-10)11-7(6)13-8/h4-7,9-10H,3H2,1-2H3. The van der Waals surface area contributed by atoms with Crippen molar-refractivity contribution in [3.05, 3.63) is 0 Å². The van der Waals surface area contributed by atoms with Crippen molar-refractivity contribution in [2.75, 3.05) is 5.75 Å². The van der Waals surface area contributed by atoms with Gasteiger partial charge in [-0.1, -0.05) is 5.04 Å². The highest BCUT2D eigenvalue weighted by molar-refractivity contribution is 7.94. The maximum atomic E-state index is 9.89. The first-order chi connectivity index (χ1) is 7.53. The van der Waals surface area contributed by atoms with Gasteiger partial charge in [0.2, 0.25) is 0 Å². The number of hydrogen-bond donors (Lipinski definition) is 2. The Hall–Kier alpha value is 0.0700. The normalized spacial score (nSPS) is 41.2. The Bertz CT molecular complexity index is 249. The van der Waals surface area contributed by atoms with Crippen molar-refractivity contribution in [3.63, 3.8) is 0 Å². The molecule has 0 aromatic carbocycles. The Labute approximate surface area is 96.6 Å². The van der Waals surface area contributed by atoms with Crippen LogP contribution in [0.25, 0.3) is 0 Å². The zero-order valence-electron chi connectivity index (χ0n) is 8.86. The lowest BCUT2D eigenvalue weighted by molar-refractivity contribution is -0.432. The van der Waals surface area contributed by atoms with E-state index < -0.39 is 30.4 Å². The molecule has 0 spiro atoms. The number of hydrogen-bond acceptors (Lipinski definition) is 8. The molecule has 0 aliphatic carbocycles. The molecule has 4 atom stereocenters. The second-order valence-electron chi connectivity index (χ2n) is 4.06. The Morgan fingerprint density at radius 1 is 1.38 bits per heavy atom. The van der Waals surface area contributed by atoms with E-state index in [0.29, 0.717) is 5.75 Å². The van der Waals surface area contributed by atoms with E-state index in [1.54, 1.807) is 13.8 Å². The molecule has 2 heterocycles. The fourth-order valence-corrected chi connectivity index (χ4v) is 2.32. The summed E-state index contributed by atoms with van der Waals surface area (Å²) in [6, 6.07) is 0. The minimum atomic E-state index is -0.790. The molecule has 0 bridgehead atoms. The molecule has 0 aromatic heterocycles. The van der Waals surface area contributed by atoms with Gasteiger partial charge in [0.15, 0.2) is 12.1 Å². The van der Waals surface area contributed by atoms with Crippen molar-refractivity contribution in [2.24, 2.45) is 0 Å². The number of rotatable bonds is 4. The molecule has 0 radical (unpaired) electrons. The Kier molecular flexibility index (Phi) is 3.72. The first-order valence-corrected chi connectivity index (χ1v) is 5.73. The smallest absolute Gasteiger partial charge is 0.190 e. The van der Waals surface area contributed by atoms with Crippen LogP contribution >= 0.6 is 12.0 Å². The number of fused-ring (bicyclic) bond motifs is 1. The van der Waals surface area contributed by atoms with Crippen molar-refractivity contribution >= 4 is 12.0 Å². The van der Waals surface area contributed by atoms with Crippen molar-refractivity contribution < 1.29 is 33.9 Å². The molecule has 2 N–H and O–H groups in total. The lowest BCUT2D eigenvalue weighted by Crippen LogP contribution is -2.35. The van der Waals surface area contributed by atoms with Gasteiger partial charge in [0, 0.05) is 12.0 Å². The summed E-state index contributed by atoms with van der Waals surface area (Å²) in [6.07, 6.45) is -2.32. The second kappa shape index (κ2) is 4.75. The zero-order chi connectivity index (χ0) is 11.8. The van der Waals surface area contributed by atoms with Crippen LogP contribution in [0.5, 0.6) is 0 Å². The molecule has 8 heteroatoms. The molecule has 16 heavy (non-hydrogen) atoms. The highest BCUT2D eigenvalue weighted by atomic mass is 32.2. The van der Waals surface area contributed by atoms with Gasteiger partial charge in [-0.2, -0.15) is 0 Å². The average Bonchev–Trinajstić information content (AvgIpc) is 2.63. The molecule has 7 nitrogen and oxygen atoms in total. The Morgan fingerprint density at radius 2 is 2.12 bits per heavy atom. The minimum Gasteiger partial charge on any atom is -0.387 e. The number of ether oxygens (including phenoxy) is 3. The number of aliphatic hydroxyl groups is 1. The second-order valence-corrected chi connectivity index (χ2v) is 4.77. The molecule has 94 valence electrons. The SMILES string of the molecule is CC1(C)OC2OC(CSOOO)C(O)C2O1. The number of aliphatic hydroxyl groups excluding tert-OH is 1. The van der Waals surface area contributed by atoms with Crippen LogP contribution < -0.4 is 0 Å². The minimum absolute atomic E-state index is 0.294. The summed E-state index contributed by atoms with van der Waals surface area (Å²) in [7, 11) is 0. The summed E-state index contributed by atoms with van der Waals surface area (Å²) in [5.74, 6) is -0.443. The van der Waals surface area contributed by atoms with E-state index in [1.165, 1.54) is 0 Å². The van der Waals surface area contributed by atoms with Crippen LogP contribution in [0.15, 0.2) is 0 Å². The lowest BCUT2D eigenvalue weighted by atomic mass is 10.1. The van der Waals surface area contributed by atoms with Crippen molar-refractivity contribution in [2.45, 2.75) is 44.2 Å². The summed E-state index contributed by atoms with van der Waals surface area (Å²) in [6.45, 7) is 3.52. The Balaban J connectivity index is 1.85. The lowest BCUT2D eigenvalue weighted by Gasteiger charge is -2.22. The first kappa shape index (κ1) is 12.5. The van der Waals surface area contributed by atoms with E-state index in [1.807, 2.05) is 0 Å². The molecule has 2 aliphatic heterocycles. The summed E-state index contributed by atoms with van der Waals surface area (Å²) in [5, 5.41) is 21.3. The molecule has 2 fully saturated rings. The van der Waals surface area contributed by atoms with Gasteiger partial charge < -0.3 is 19.3 Å². The van der Waals surface area contributed by atoms with Gasteiger partial charge in [0.05, 0.1) is 5.75 Å². The van der Waals surface area contributed by atoms with Gasteiger partial charge in [0.25, 0.3) is 0 Å². The summed E-state index contributed by atoms with van der Waals surface area (Å²) >= 11 is 0.824. The average molecular weight is 254 g/mol. The van der Waals surface area contributed by atoms with Crippen LogP contribution in [-0.4, -0.2) is 46.5 Å². The van der Waals surface area contributed by atoms with Crippen molar-refractivity contribution in [3.8, 4) is 0 Å². The van der Waals surface area contributed by atoms with Crippen molar-refractivity contribution in [1.82, 2.24) is 0 Å². The van der Waals surface area contributed by atoms with Crippen LogP contribution in [0.2, 0.25) is 0 Å². The van der Waals surface area contributed by atoms with Gasteiger partial charge in [-0.25, -0.2) is 5.26 Å². The van der Waals surface area contributed by atoms with E-state index >= 15 is 0 Å². The predicted molar refractivity (Wildman–Crippen MR) is 52.0 cm³/mol. The molecule has 0 saturated carbocycles. The highest BCUT2D eigenvalue weighted by Crippen LogP contribution is 2.38. The largest absolute Gasteiger partial charge is 0.387 e. The summed E-state index contributed by atoms with van der Waals surface area (Å²) in [4.78, 5) is 0. The molecule has 4 unspecified atom stereocenters. The molecular weight excluding hydrogens is 240 g/mol. The maximum Gasteiger partial charge on any atom is 0.190 e. The van der Waals surface area contributed by atoms with Gasteiger partial charge in [-0.3, -0.25) is 0 Å². The summed E-state index contributed by atoms with van der Waals surface area (Å²) < 4.78 is 20.6. The van der Waals surface area contributed by atoms with E-state index in [0.717, 1.165) is 12.0 Å². The molecule has 0 aromatic rings.